The van der Waals surface area contributed by atoms with Crippen molar-refractivity contribution in [2.24, 2.45) is 0 Å². The summed E-state index contributed by atoms with van der Waals surface area (Å²) in [6.45, 7) is 0. The third kappa shape index (κ3) is 3.51. The lowest BCUT2D eigenvalue weighted by atomic mass is 10.2. The summed E-state index contributed by atoms with van der Waals surface area (Å²) >= 11 is 0. The van der Waals surface area contributed by atoms with E-state index in [1.54, 1.807) is 12.1 Å². The zero-order chi connectivity index (χ0) is 14.5. The molecule has 2 aromatic rings. The molecule has 0 saturated heterocycles. The van der Waals surface area contributed by atoms with Gasteiger partial charge in [0.1, 0.15) is 11.5 Å². The number of anilines is 1. The van der Waals surface area contributed by atoms with E-state index in [2.05, 4.69) is 0 Å². The van der Waals surface area contributed by atoms with Crippen LogP contribution in [0.2, 0.25) is 0 Å². The van der Waals surface area contributed by atoms with E-state index in [-0.39, 0.29) is 0 Å². The van der Waals surface area contributed by atoms with Crippen molar-refractivity contribution in [3.05, 3.63) is 58.1 Å². The van der Waals surface area contributed by atoms with Gasteiger partial charge in [0.15, 0.2) is 0 Å². The van der Waals surface area contributed by atoms with Crippen molar-refractivity contribution in [1.29, 1.82) is 0 Å². The minimum Gasteiger partial charge on any atom is -0.496 e. The predicted octanol–water partition coefficient (Wildman–Crippen LogP) is 2.88. The highest BCUT2D eigenvalue weighted by Gasteiger charge is 1.99. The molecule has 0 fully saturated rings. The van der Waals surface area contributed by atoms with Crippen LogP contribution in [-0.2, 0) is 0 Å². The third-order valence-electron chi connectivity index (χ3n) is 2.85. The molecule has 0 unspecified atom stereocenters. The van der Waals surface area contributed by atoms with Gasteiger partial charge in [-0.3, -0.25) is 0 Å². The van der Waals surface area contributed by atoms with E-state index in [1.807, 2.05) is 49.3 Å². The van der Waals surface area contributed by atoms with Gasteiger partial charge >= 0.3 is 5.63 Å². The molecule has 4 nitrogen and oxygen atoms in total. The van der Waals surface area contributed by atoms with E-state index in [1.165, 1.54) is 13.2 Å². The Morgan fingerprint density at radius 1 is 1.10 bits per heavy atom. The summed E-state index contributed by atoms with van der Waals surface area (Å²) in [5.41, 5.74) is 1.74. The summed E-state index contributed by atoms with van der Waals surface area (Å²) in [6.07, 6.45) is 3.63. The number of nitrogens with zero attached hydrogens (tertiary/aromatic N) is 1. The van der Waals surface area contributed by atoms with E-state index in [0.717, 1.165) is 11.3 Å². The number of methoxy groups -OCH3 is 1. The topological polar surface area (TPSA) is 42.7 Å². The van der Waals surface area contributed by atoms with Crippen LogP contribution in [-0.4, -0.2) is 21.2 Å². The van der Waals surface area contributed by atoms with Crippen molar-refractivity contribution in [3.8, 4) is 5.75 Å². The molecule has 2 rings (SSSR count). The lowest BCUT2D eigenvalue weighted by molar-refractivity contribution is 0.400. The van der Waals surface area contributed by atoms with E-state index < -0.39 is 5.63 Å². The molecule has 1 heterocycles. The van der Waals surface area contributed by atoms with Crippen LogP contribution in [0.5, 0.6) is 5.75 Å². The molecule has 0 aliphatic rings. The molecular formula is C16H17NO3. The van der Waals surface area contributed by atoms with Crippen LogP contribution < -0.4 is 15.3 Å². The highest BCUT2D eigenvalue weighted by atomic mass is 16.5. The highest BCUT2D eigenvalue weighted by molar-refractivity contribution is 5.68. The molecular weight excluding hydrogens is 254 g/mol. The van der Waals surface area contributed by atoms with Gasteiger partial charge in [0.05, 0.1) is 13.2 Å². The van der Waals surface area contributed by atoms with Gasteiger partial charge in [-0.1, -0.05) is 18.2 Å². The molecule has 0 spiro atoms. The van der Waals surface area contributed by atoms with E-state index in [4.69, 9.17) is 9.15 Å². The zero-order valence-corrected chi connectivity index (χ0v) is 11.8. The fraction of sp³-hybridized carbons (Fsp3) is 0.188. The zero-order valence-electron chi connectivity index (χ0n) is 11.8. The summed E-state index contributed by atoms with van der Waals surface area (Å²) < 4.78 is 10.1. The smallest absolute Gasteiger partial charge is 0.339 e. The Morgan fingerprint density at radius 2 is 1.80 bits per heavy atom. The van der Waals surface area contributed by atoms with Crippen molar-refractivity contribution in [3.63, 3.8) is 0 Å². The Labute approximate surface area is 117 Å². The maximum absolute atomic E-state index is 11.3. The van der Waals surface area contributed by atoms with Crippen molar-refractivity contribution >= 4 is 17.8 Å². The van der Waals surface area contributed by atoms with Crippen LogP contribution in [0.4, 0.5) is 5.69 Å². The predicted molar refractivity (Wildman–Crippen MR) is 81.2 cm³/mol. The standard InChI is InChI=1S/C16H17NO3/c1-17(2)13-7-4-12(5-8-13)6-9-14-10-15(19-3)11-16(18)20-14/h4-11H,1-3H3/b9-6-. The molecule has 20 heavy (non-hydrogen) atoms. The Hall–Kier alpha value is -2.49. The monoisotopic (exact) mass is 271 g/mol. The molecule has 0 atom stereocenters. The molecule has 1 aromatic heterocycles. The molecule has 0 radical (unpaired) electrons. The Morgan fingerprint density at radius 3 is 2.40 bits per heavy atom. The van der Waals surface area contributed by atoms with Gasteiger partial charge in [0, 0.05) is 25.8 Å². The molecule has 0 N–H and O–H groups in total. The van der Waals surface area contributed by atoms with Crippen LogP contribution in [0, 0.1) is 0 Å². The average molecular weight is 271 g/mol. The van der Waals surface area contributed by atoms with Crippen LogP contribution in [0.25, 0.3) is 12.2 Å². The minimum atomic E-state index is -0.424. The summed E-state index contributed by atoms with van der Waals surface area (Å²) in [7, 11) is 5.51. The SMILES string of the molecule is COc1cc(/C=C\c2ccc(N(C)C)cc2)oc(=O)c1. The van der Waals surface area contributed by atoms with Crippen LogP contribution in [0.1, 0.15) is 11.3 Å². The van der Waals surface area contributed by atoms with Gasteiger partial charge in [-0.05, 0) is 23.8 Å². The Kier molecular flexibility index (Phi) is 4.25. The minimum absolute atomic E-state index is 0.424. The third-order valence-corrected chi connectivity index (χ3v) is 2.85. The fourth-order valence-corrected chi connectivity index (χ4v) is 1.74. The van der Waals surface area contributed by atoms with Crippen LogP contribution in [0.3, 0.4) is 0 Å². The van der Waals surface area contributed by atoms with Gasteiger partial charge in [0.2, 0.25) is 0 Å². The molecule has 0 saturated carbocycles. The second-order valence-electron chi connectivity index (χ2n) is 4.54. The van der Waals surface area contributed by atoms with E-state index in [0.29, 0.717) is 11.5 Å². The molecule has 0 aliphatic heterocycles. The first-order chi connectivity index (χ1) is 9.58. The lowest BCUT2D eigenvalue weighted by Gasteiger charge is -2.11. The summed E-state index contributed by atoms with van der Waals surface area (Å²) in [4.78, 5) is 13.4. The normalized spacial score (nSPS) is 10.8. The number of ether oxygens (including phenoxy) is 1. The summed E-state index contributed by atoms with van der Waals surface area (Å²) in [5, 5.41) is 0. The first-order valence-corrected chi connectivity index (χ1v) is 6.23. The fourth-order valence-electron chi connectivity index (χ4n) is 1.74. The molecule has 0 amide bonds. The van der Waals surface area contributed by atoms with Gasteiger partial charge in [-0.15, -0.1) is 0 Å². The van der Waals surface area contributed by atoms with Crippen molar-refractivity contribution < 1.29 is 9.15 Å². The Bertz CT molecular complexity index is 654. The molecule has 104 valence electrons. The van der Waals surface area contributed by atoms with Gasteiger partial charge in [-0.2, -0.15) is 0 Å². The molecule has 0 bridgehead atoms. The van der Waals surface area contributed by atoms with Gasteiger partial charge in [-0.25, -0.2) is 4.79 Å². The first kappa shape index (κ1) is 13.9. The van der Waals surface area contributed by atoms with Gasteiger partial charge in [0.25, 0.3) is 0 Å². The quantitative estimate of drug-likeness (QED) is 0.857. The number of hydrogen-bond donors (Lipinski definition) is 0. The average Bonchev–Trinajstić information content (AvgIpc) is 2.45. The molecule has 0 aliphatic carbocycles. The van der Waals surface area contributed by atoms with Crippen molar-refractivity contribution in [1.82, 2.24) is 0 Å². The van der Waals surface area contributed by atoms with Crippen LogP contribution in [0.15, 0.2) is 45.6 Å². The number of rotatable bonds is 4. The lowest BCUT2D eigenvalue weighted by Crippen LogP contribution is -2.07. The van der Waals surface area contributed by atoms with E-state index in [9.17, 15) is 4.79 Å². The van der Waals surface area contributed by atoms with Crippen LogP contribution >= 0.6 is 0 Å². The van der Waals surface area contributed by atoms with Gasteiger partial charge < -0.3 is 14.1 Å². The van der Waals surface area contributed by atoms with Crippen molar-refractivity contribution in [2.75, 3.05) is 26.1 Å². The maximum atomic E-state index is 11.3. The summed E-state index contributed by atoms with van der Waals surface area (Å²) in [5.74, 6) is 0.954. The number of hydrogen-bond acceptors (Lipinski definition) is 4. The van der Waals surface area contributed by atoms with E-state index >= 15 is 0 Å². The number of benzene rings is 1. The maximum Gasteiger partial charge on any atom is 0.339 e. The first-order valence-electron chi connectivity index (χ1n) is 6.23. The second-order valence-corrected chi connectivity index (χ2v) is 4.54. The summed E-state index contributed by atoms with van der Waals surface area (Å²) in [6, 6.07) is 11.0. The molecule has 4 heteroatoms. The largest absolute Gasteiger partial charge is 0.496 e. The highest BCUT2D eigenvalue weighted by Crippen LogP contribution is 2.15. The second kappa shape index (κ2) is 6.10. The molecule has 1 aromatic carbocycles. The Balaban J connectivity index is 2.20. The van der Waals surface area contributed by atoms with Crippen molar-refractivity contribution in [2.45, 2.75) is 0 Å².